The van der Waals surface area contributed by atoms with Gasteiger partial charge in [-0.2, -0.15) is 5.10 Å². The van der Waals surface area contributed by atoms with Crippen molar-refractivity contribution in [2.24, 2.45) is 0 Å². The zero-order valence-corrected chi connectivity index (χ0v) is 11.3. The smallest absolute Gasteiger partial charge is 0.247 e. The highest BCUT2D eigenvalue weighted by molar-refractivity contribution is 7.91. The maximum atomic E-state index is 12.2. The summed E-state index contributed by atoms with van der Waals surface area (Å²) in [6, 6.07) is 1.14. The average Bonchev–Trinajstić information content (AvgIpc) is 2.95. The van der Waals surface area contributed by atoms with E-state index in [-0.39, 0.29) is 23.5 Å². The minimum atomic E-state index is -2.97. The zero-order valence-electron chi connectivity index (χ0n) is 10.5. The minimum absolute atomic E-state index is 0.0705. The van der Waals surface area contributed by atoms with Gasteiger partial charge in [-0.25, -0.2) is 8.42 Å². The van der Waals surface area contributed by atoms with E-state index in [4.69, 9.17) is 0 Å². The van der Waals surface area contributed by atoms with E-state index >= 15 is 0 Å². The lowest BCUT2D eigenvalue weighted by molar-refractivity contribution is -0.134. The molecule has 0 aliphatic carbocycles. The molecule has 0 unspecified atom stereocenters. The van der Waals surface area contributed by atoms with Crippen molar-refractivity contribution in [3.63, 3.8) is 0 Å². The standard InChI is InChI=1S/C11H17N3O3S/c1-9(14-6-3-5-12-14)11(15)13(2)10-4-7-18(16,17)8-10/h3,5-6,9-10H,4,7-8H2,1-2H3/t9-,10-/m0/s1. The number of nitrogens with zero attached hydrogens (tertiary/aromatic N) is 3. The van der Waals surface area contributed by atoms with Crippen LogP contribution in [-0.2, 0) is 14.6 Å². The van der Waals surface area contributed by atoms with Crippen LogP contribution < -0.4 is 0 Å². The van der Waals surface area contributed by atoms with Gasteiger partial charge in [-0.3, -0.25) is 9.48 Å². The van der Waals surface area contributed by atoms with Crippen molar-refractivity contribution in [2.75, 3.05) is 18.6 Å². The van der Waals surface area contributed by atoms with Crippen LogP contribution in [0.4, 0.5) is 0 Å². The Labute approximate surface area is 106 Å². The second-order valence-electron chi connectivity index (χ2n) is 4.67. The van der Waals surface area contributed by atoms with Gasteiger partial charge in [-0.15, -0.1) is 0 Å². The average molecular weight is 271 g/mol. The number of hydrogen-bond donors (Lipinski definition) is 0. The lowest BCUT2D eigenvalue weighted by Crippen LogP contribution is -2.41. The molecule has 1 saturated heterocycles. The Balaban J connectivity index is 2.06. The van der Waals surface area contributed by atoms with Crippen LogP contribution in [0.1, 0.15) is 19.4 Å². The van der Waals surface area contributed by atoms with Crippen molar-refractivity contribution < 1.29 is 13.2 Å². The molecule has 1 aliphatic heterocycles. The van der Waals surface area contributed by atoms with Gasteiger partial charge in [-0.05, 0) is 19.4 Å². The van der Waals surface area contributed by atoms with Gasteiger partial charge >= 0.3 is 0 Å². The molecule has 1 aromatic rings. The molecule has 2 rings (SSSR count). The van der Waals surface area contributed by atoms with Crippen molar-refractivity contribution in [2.45, 2.75) is 25.4 Å². The summed E-state index contributed by atoms with van der Waals surface area (Å²) >= 11 is 0. The predicted octanol–water partition coefficient (Wildman–Crippen LogP) is 0.0896. The summed E-state index contributed by atoms with van der Waals surface area (Å²) in [6.45, 7) is 1.76. The lowest BCUT2D eigenvalue weighted by atomic mass is 10.2. The molecule has 1 fully saturated rings. The molecule has 2 heterocycles. The van der Waals surface area contributed by atoms with Gasteiger partial charge < -0.3 is 4.90 Å². The maximum Gasteiger partial charge on any atom is 0.247 e. The van der Waals surface area contributed by atoms with Gasteiger partial charge in [0.05, 0.1) is 11.5 Å². The Bertz CT molecular complexity index is 524. The van der Waals surface area contributed by atoms with E-state index in [1.807, 2.05) is 0 Å². The summed E-state index contributed by atoms with van der Waals surface area (Å²) in [4.78, 5) is 13.7. The number of carbonyl (C=O) groups is 1. The molecule has 0 radical (unpaired) electrons. The van der Waals surface area contributed by atoms with Gasteiger partial charge in [0, 0.05) is 25.5 Å². The number of rotatable bonds is 3. The van der Waals surface area contributed by atoms with Crippen molar-refractivity contribution in [1.82, 2.24) is 14.7 Å². The number of sulfone groups is 1. The first-order valence-corrected chi connectivity index (χ1v) is 7.69. The van der Waals surface area contributed by atoms with Crippen LogP contribution in [-0.4, -0.2) is 53.6 Å². The SMILES string of the molecule is C[C@@H](C(=O)N(C)[C@H]1CCS(=O)(=O)C1)n1cccn1. The van der Waals surface area contributed by atoms with Gasteiger partial charge in [0.15, 0.2) is 9.84 Å². The fourth-order valence-electron chi connectivity index (χ4n) is 2.18. The molecule has 1 amide bonds. The highest BCUT2D eigenvalue weighted by Gasteiger charge is 2.34. The first-order chi connectivity index (χ1) is 8.41. The summed E-state index contributed by atoms with van der Waals surface area (Å²) in [5.74, 6) is 0.132. The van der Waals surface area contributed by atoms with Crippen LogP contribution in [0, 0.1) is 0 Å². The molecule has 1 aliphatic rings. The quantitative estimate of drug-likeness (QED) is 0.781. The number of amides is 1. The minimum Gasteiger partial charge on any atom is -0.340 e. The monoisotopic (exact) mass is 271 g/mol. The molecule has 100 valence electrons. The predicted molar refractivity (Wildman–Crippen MR) is 66.8 cm³/mol. The van der Waals surface area contributed by atoms with Crippen LogP contribution in [0.3, 0.4) is 0 Å². The second kappa shape index (κ2) is 4.72. The molecule has 7 heteroatoms. The van der Waals surface area contributed by atoms with Crippen LogP contribution in [0.25, 0.3) is 0 Å². The van der Waals surface area contributed by atoms with Gasteiger partial charge in [-0.1, -0.05) is 0 Å². The van der Waals surface area contributed by atoms with Crippen molar-refractivity contribution in [3.8, 4) is 0 Å². The number of hydrogen-bond acceptors (Lipinski definition) is 4. The molecule has 0 aromatic carbocycles. The van der Waals surface area contributed by atoms with E-state index in [0.29, 0.717) is 6.42 Å². The largest absolute Gasteiger partial charge is 0.340 e. The summed E-state index contributed by atoms with van der Waals surface area (Å²) in [5, 5.41) is 4.03. The topological polar surface area (TPSA) is 72.3 Å². The molecule has 0 saturated carbocycles. The first kappa shape index (κ1) is 13.1. The van der Waals surface area contributed by atoms with E-state index in [1.165, 1.54) is 4.90 Å². The highest BCUT2D eigenvalue weighted by atomic mass is 32.2. The Morgan fingerprint density at radius 3 is 2.78 bits per heavy atom. The van der Waals surface area contributed by atoms with Gasteiger partial charge in [0.25, 0.3) is 0 Å². The molecule has 0 spiro atoms. The fraction of sp³-hybridized carbons (Fsp3) is 0.636. The number of aromatic nitrogens is 2. The molecule has 0 bridgehead atoms. The Hall–Kier alpha value is -1.37. The molecule has 0 N–H and O–H groups in total. The van der Waals surface area contributed by atoms with Crippen molar-refractivity contribution in [1.29, 1.82) is 0 Å². The third-order valence-electron chi connectivity index (χ3n) is 3.38. The Kier molecular flexibility index (Phi) is 3.43. The summed E-state index contributed by atoms with van der Waals surface area (Å²) in [7, 11) is -1.31. The molecule has 1 aromatic heterocycles. The molecule has 2 atom stereocenters. The Morgan fingerprint density at radius 1 is 1.56 bits per heavy atom. The third-order valence-corrected chi connectivity index (χ3v) is 5.13. The van der Waals surface area contributed by atoms with Crippen LogP contribution in [0.15, 0.2) is 18.5 Å². The summed E-state index contributed by atoms with van der Waals surface area (Å²) in [6.07, 6.45) is 3.86. The maximum absolute atomic E-state index is 12.2. The summed E-state index contributed by atoms with van der Waals surface area (Å²) < 4.78 is 24.4. The van der Waals surface area contributed by atoms with Gasteiger partial charge in [0.1, 0.15) is 6.04 Å². The molecular formula is C11H17N3O3S. The van der Waals surface area contributed by atoms with Crippen LogP contribution >= 0.6 is 0 Å². The van der Waals surface area contributed by atoms with E-state index in [1.54, 1.807) is 37.1 Å². The van der Waals surface area contributed by atoms with Crippen LogP contribution in [0.2, 0.25) is 0 Å². The molecule has 6 nitrogen and oxygen atoms in total. The van der Waals surface area contributed by atoms with Crippen LogP contribution in [0.5, 0.6) is 0 Å². The normalized spacial score (nSPS) is 23.8. The molecule has 18 heavy (non-hydrogen) atoms. The van der Waals surface area contributed by atoms with E-state index in [9.17, 15) is 13.2 Å². The number of likely N-dealkylation sites (N-methyl/N-ethyl adjacent to an activating group) is 1. The third kappa shape index (κ3) is 2.55. The summed E-state index contributed by atoms with van der Waals surface area (Å²) in [5.41, 5.74) is 0. The second-order valence-corrected chi connectivity index (χ2v) is 6.90. The zero-order chi connectivity index (χ0) is 13.3. The van der Waals surface area contributed by atoms with E-state index in [0.717, 1.165) is 0 Å². The highest BCUT2D eigenvalue weighted by Crippen LogP contribution is 2.19. The Morgan fingerprint density at radius 2 is 2.28 bits per heavy atom. The van der Waals surface area contributed by atoms with E-state index in [2.05, 4.69) is 5.10 Å². The van der Waals surface area contributed by atoms with Crippen molar-refractivity contribution >= 4 is 15.7 Å². The lowest BCUT2D eigenvalue weighted by Gasteiger charge is -2.26. The van der Waals surface area contributed by atoms with Crippen molar-refractivity contribution in [3.05, 3.63) is 18.5 Å². The van der Waals surface area contributed by atoms with Gasteiger partial charge in [0.2, 0.25) is 5.91 Å². The molecular weight excluding hydrogens is 254 g/mol. The fourth-order valence-corrected chi connectivity index (χ4v) is 3.95. The first-order valence-electron chi connectivity index (χ1n) is 5.87. The van der Waals surface area contributed by atoms with E-state index < -0.39 is 15.9 Å². The number of carbonyl (C=O) groups excluding carboxylic acids is 1.